The topological polar surface area (TPSA) is 76.8 Å². The summed E-state index contributed by atoms with van der Waals surface area (Å²) in [6.45, 7) is 6.14. The van der Waals surface area contributed by atoms with Gasteiger partial charge in [0.1, 0.15) is 12.2 Å². The van der Waals surface area contributed by atoms with Gasteiger partial charge in [0.05, 0.1) is 24.6 Å². The Hall–Kier alpha value is -3.16. The van der Waals surface area contributed by atoms with Crippen LogP contribution in [0.4, 0.5) is 0 Å². The molecule has 1 N–H and O–H groups in total. The highest BCUT2D eigenvalue weighted by molar-refractivity contribution is 5.92. The Labute approximate surface area is 181 Å². The van der Waals surface area contributed by atoms with Gasteiger partial charge in [-0.05, 0) is 29.7 Å². The first-order valence-corrected chi connectivity index (χ1v) is 10.6. The second kappa shape index (κ2) is 9.76. The van der Waals surface area contributed by atoms with Crippen LogP contribution in [0.25, 0.3) is 16.8 Å². The number of aromatic carboxylic acids is 1. The van der Waals surface area contributed by atoms with Crippen molar-refractivity contribution in [3.8, 4) is 22.7 Å². The highest BCUT2D eigenvalue weighted by Crippen LogP contribution is 2.28. The number of aromatic nitrogens is 2. The summed E-state index contributed by atoms with van der Waals surface area (Å²) in [7, 11) is 0. The van der Waals surface area contributed by atoms with Gasteiger partial charge in [0.25, 0.3) is 0 Å². The molecule has 0 aliphatic carbocycles. The molecule has 4 rings (SSSR count). The number of nitrogens with zero attached hydrogens (tertiary/aromatic N) is 3. The minimum Gasteiger partial charge on any atom is -0.477 e. The van der Waals surface area contributed by atoms with Crippen molar-refractivity contribution in [1.82, 2.24) is 14.7 Å². The van der Waals surface area contributed by atoms with E-state index in [1.807, 2.05) is 49.4 Å². The van der Waals surface area contributed by atoms with E-state index in [0.717, 1.165) is 29.9 Å². The molecule has 0 spiro atoms. The van der Waals surface area contributed by atoms with E-state index >= 15 is 0 Å². The van der Waals surface area contributed by atoms with E-state index in [2.05, 4.69) is 22.1 Å². The predicted molar refractivity (Wildman–Crippen MR) is 118 cm³/mol. The maximum atomic E-state index is 12.0. The summed E-state index contributed by atoms with van der Waals surface area (Å²) < 4.78 is 13.0. The average molecular weight is 421 g/mol. The van der Waals surface area contributed by atoms with Gasteiger partial charge < -0.3 is 14.6 Å². The van der Waals surface area contributed by atoms with Gasteiger partial charge in [0.2, 0.25) is 5.88 Å². The SMILES string of the molecule is CCc1nn(-c2ccc(-c3ccccc3)cc2)c(OCCN2CCOCC2)c1C(=O)O. The first kappa shape index (κ1) is 21.1. The number of benzene rings is 2. The van der Waals surface area contributed by atoms with E-state index in [1.165, 1.54) is 0 Å². The van der Waals surface area contributed by atoms with Crippen LogP contribution < -0.4 is 4.74 Å². The van der Waals surface area contributed by atoms with Crippen molar-refractivity contribution in [1.29, 1.82) is 0 Å². The van der Waals surface area contributed by atoms with Crippen LogP contribution in [0.15, 0.2) is 54.6 Å². The number of carboxylic acids is 1. The van der Waals surface area contributed by atoms with Gasteiger partial charge in [-0.1, -0.05) is 49.4 Å². The van der Waals surface area contributed by atoms with Crippen molar-refractivity contribution in [2.24, 2.45) is 0 Å². The van der Waals surface area contributed by atoms with Crippen LogP contribution in [0.1, 0.15) is 23.0 Å². The predicted octanol–water partition coefficient (Wildman–Crippen LogP) is 3.51. The summed E-state index contributed by atoms with van der Waals surface area (Å²) in [6.07, 6.45) is 0.510. The molecular formula is C24H27N3O4. The molecule has 0 bridgehead atoms. The summed E-state index contributed by atoms with van der Waals surface area (Å²) in [6, 6.07) is 18.0. The van der Waals surface area contributed by atoms with Crippen molar-refractivity contribution < 1.29 is 19.4 Å². The van der Waals surface area contributed by atoms with Gasteiger partial charge in [-0.3, -0.25) is 4.90 Å². The Balaban J connectivity index is 1.60. The summed E-state index contributed by atoms with van der Waals surface area (Å²) in [5.74, 6) is -0.740. The highest BCUT2D eigenvalue weighted by Gasteiger charge is 2.25. The monoisotopic (exact) mass is 421 g/mol. The number of ether oxygens (including phenoxy) is 2. The zero-order valence-electron chi connectivity index (χ0n) is 17.7. The smallest absolute Gasteiger partial charge is 0.343 e. The summed E-state index contributed by atoms with van der Waals surface area (Å²) in [4.78, 5) is 14.2. The van der Waals surface area contributed by atoms with Gasteiger partial charge >= 0.3 is 5.97 Å². The van der Waals surface area contributed by atoms with Gasteiger partial charge in [-0.25, -0.2) is 9.48 Å². The van der Waals surface area contributed by atoms with Crippen LogP contribution >= 0.6 is 0 Å². The first-order chi connectivity index (χ1) is 15.2. The minimum absolute atomic E-state index is 0.136. The molecular weight excluding hydrogens is 394 g/mol. The number of aryl methyl sites for hydroxylation is 1. The van der Waals surface area contributed by atoms with Crippen molar-refractivity contribution in [2.75, 3.05) is 39.5 Å². The van der Waals surface area contributed by atoms with E-state index in [-0.39, 0.29) is 11.4 Å². The molecule has 1 aliphatic rings. The molecule has 162 valence electrons. The number of hydrogen-bond acceptors (Lipinski definition) is 5. The van der Waals surface area contributed by atoms with Gasteiger partial charge in [0, 0.05) is 19.6 Å². The molecule has 2 aromatic carbocycles. The molecule has 0 radical (unpaired) electrons. The summed E-state index contributed by atoms with van der Waals surface area (Å²) in [5, 5.41) is 14.4. The first-order valence-electron chi connectivity index (χ1n) is 10.6. The van der Waals surface area contributed by atoms with Gasteiger partial charge in [0.15, 0.2) is 0 Å². The number of carbonyl (C=O) groups is 1. The third kappa shape index (κ3) is 4.78. The van der Waals surface area contributed by atoms with Crippen LogP contribution in [-0.4, -0.2) is 65.2 Å². The van der Waals surface area contributed by atoms with Crippen LogP contribution in [-0.2, 0) is 11.2 Å². The Bertz CT molecular complexity index is 1010. The molecule has 7 heteroatoms. The summed E-state index contributed by atoms with van der Waals surface area (Å²) in [5.41, 5.74) is 3.62. The lowest BCUT2D eigenvalue weighted by molar-refractivity contribution is 0.0317. The van der Waals surface area contributed by atoms with E-state index in [4.69, 9.17) is 9.47 Å². The highest BCUT2D eigenvalue weighted by atomic mass is 16.5. The Morgan fingerprint density at radius 3 is 2.39 bits per heavy atom. The van der Waals surface area contributed by atoms with E-state index in [1.54, 1.807) is 4.68 Å². The molecule has 1 aromatic heterocycles. The molecule has 0 saturated carbocycles. The quantitative estimate of drug-likeness (QED) is 0.600. The normalized spacial score (nSPS) is 14.5. The van der Waals surface area contributed by atoms with E-state index in [9.17, 15) is 9.90 Å². The number of carboxylic acid groups (broad SMARTS) is 1. The van der Waals surface area contributed by atoms with E-state index < -0.39 is 5.97 Å². The molecule has 31 heavy (non-hydrogen) atoms. The molecule has 1 saturated heterocycles. The fourth-order valence-corrected chi connectivity index (χ4v) is 3.74. The lowest BCUT2D eigenvalue weighted by Gasteiger charge is -2.26. The molecule has 3 aromatic rings. The van der Waals surface area contributed by atoms with Crippen LogP contribution in [0.2, 0.25) is 0 Å². The van der Waals surface area contributed by atoms with Crippen LogP contribution in [0.3, 0.4) is 0 Å². The Morgan fingerprint density at radius 2 is 1.74 bits per heavy atom. The van der Waals surface area contributed by atoms with Gasteiger partial charge in [-0.15, -0.1) is 0 Å². The summed E-state index contributed by atoms with van der Waals surface area (Å²) >= 11 is 0. The maximum Gasteiger partial charge on any atom is 0.343 e. The molecule has 7 nitrogen and oxygen atoms in total. The lowest BCUT2D eigenvalue weighted by Crippen LogP contribution is -2.38. The molecule has 0 atom stereocenters. The third-order valence-corrected chi connectivity index (χ3v) is 5.43. The molecule has 1 aliphatic heterocycles. The Morgan fingerprint density at radius 1 is 1.06 bits per heavy atom. The second-order valence-electron chi connectivity index (χ2n) is 7.41. The van der Waals surface area contributed by atoms with Crippen LogP contribution in [0, 0.1) is 0 Å². The van der Waals surface area contributed by atoms with Crippen LogP contribution in [0.5, 0.6) is 5.88 Å². The zero-order chi connectivity index (χ0) is 21.6. The largest absolute Gasteiger partial charge is 0.477 e. The average Bonchev–Trinajstić information content (AvgIpc) is 3.19. The van der Waals surface area contributed by atoms with Gasteiger partial charge in [-0.2, -0.15) is 5.10 Å². The van der Waals surface area contributed by atoms with Crippen molar-refractivity contribution >= 4 is 5.97 Å². The third-order valence-electron chi connectivity index (χ3n) is 5.43. The van der Waals surface area contributed by atoms with E-state index in [0.29, 0.717) is 38.5 Å². The number of rotatable bonds is 8. The zero-order valence-corrected chi connectivity index (χ0v) is 17.7. The van der Waals surface area contributed by atoms with Crippen molar-refractivity contribution in [2.45, 2.75) is 13.3 Å². The Kier molecular flexibility index (Phi) is 6.64. The molecule has 0 unspecified atom stereocenters. The maximum absolute atomic E-state index is 12.0. The second-order valence-corrected chi connectivity index (χ2v) is 7.41. The standard InChI is InChI=1S/C24H27N3O4/c1-2-21-22(24(28)29)23(31-17-14-26-12-15-30-16-13-26)27(25-21)20-10-8-19(9-11-20)18-6-4-3-5-7-18/h3-11H,2,12-17H2,1H3,(H,28,29). The van der Waals surface area contributed by atoms with Crippen molar-refractivity contribution in [3.05, 3.63) is 65.9 Å². The fourth-order valence-electron chi connectivity index (χ4n) is 3.74. The molecule has 2 heterocycles. The number of morpholine rings is 1. The van der Waals surface area contributed by atoms with Crippen molar-refractivity contribution in [3.63, 3.8) is 0 Å². The molecule has 1 fully saturated rings. The molecule has 0 amide bonds. The minimum atomic E-state index is -1.02. The lowest BCUT2D eigenvalue weighted by atomic mass is 10.1. The fraction of sp³-hybridized carbons (Fsp3) is 0.333. The number of hydrogen-bond donors (Lipinski definition) is 1.